The molecule has 1 atom stereocenters. The molecular formula is C19H18FN3O2. The van der Waals surface area contributed by atoms with E-state index in [1.54, 1.807) is 31.3 Å². The first-order valence-electron chi connectivity index (χ1n) is 7.83. The molecule has 0 spiro atoms. The fourth-order valence-electron chi connectivity index (χ4n) is 2.65. The predicted octanol–water partition coefficient (Wildman–Crippen LogP) is 3.42. The van der Waals surface area contributed by atoms with E-state index in [1.165, 1.54) is 12.1 Å². The number of nitrogens with one attached hydrogen (secondary N) is 1. The van der Waals surface area contributed by atoms with Gasteiger partial charge in [0, 0.05) is 25.0 Å². The highest BCUT2D eigenvalue weighted by molar-refractivity contribution is 6.00. The van der Waals surface area contributed by atoms with Crippen molar-refractivity contribution in [2.75, 3.05) is 0 Å². The lowest BCUT2D eigenvalue weighted by atomic mass is 10.0. The van der Waals surface area contributed by atoms with Crippen LogP contribution in [-0.4, -0.2) is 20.6 Å². The summed E-state index contributed by atoms with van der Waals surface area (Å²) in [5, 5.41) is 12.1. The van der Waals surface area contributed by atoms with Gasteiger partial charge in [0.15, 0.2) is 11.6 Å². The minimum absolute atomic E-state index is 0.278. The van der Waals surface area contributed by atoms with Crippen LogP contribution in [0.1, 0.15) is 28.9 Å². The van der Waals surface area contributed by atoms with Gasteiger partial charge in [-0.3, -0.25) is 4.79 Å². The summed E-state index contributed by atoms with van der Waals surface area (Å²) in [5.74, 6) is -0.719. The van der Waals surface area contributed by atoms with Crippen LogP contribution in [0.15, 0.2) is 54.9 Å². The van der Waals surface area contributed by atoms with Crippen molar-refractivity contribution in [3.8, 4) is 17.1 Å². The number of carbonyl (C=O) groups excluding carboxylic acids is 1. The van der Waals surface area contributed by atoms with Gasteiger partial charge in [-0.05, 0) is 30.7 Å². The first kappa shape index (κ1) is 16.7. The molecule has 0 saturated heterocycles. The maximum Gasteiger partial charge on any atom is 0.252 e. The molecule has 0 aliphatic carbocycles. The van der Waals surface area contributed by atoms with E-state index < -0.39 is 17.6 Å². The molecule has 0 bridgehead atoms. The van der Waals surface area contributed by atoms with Crippen molar-refractivity contribution in [1.82, 2.24) is 14.9 Å². The number of hydrogen-bond acceptors (Lipinski definition) is 3. The molecule has 1 heterocycles. The maximum atomic E-state index is 13.5. The van der Waals surface area contributed by atoms with Gasteiger partial charge in [-0.15, -0.1) is 0 Å². The third-order valence-corrected chi connectivity index (χ3v) is 4.05. The number of aromatic hydroxyl groups is 1. The Morgan fingerprint density at radius 2 is 2.04 bits per heavy atom. The summed E-state index contributed by atoms with van der Waals surface area (Å²) in [7, 11) is 1.86. The lowest BCUT2D eigenvalue weighted by Crippen LogP contribution is -2.27. The Balaban J connectivity index is 1.87. The minimum atomic E-state index is -0.716. The van der Waals surface area contributed by atoms with Gasteiger partial charge in [0.05, 0.1) is 11.6 Å². The first-order valence-corrected chi connectivity index (χ1v) is 7.83. The molecule has 5 nitrogen and oxygen atoms in total. The Labute approximate surface area is 144 Å². The molecule has 1 aromatic heterocycles. The summed E-state index contributed by atoms with van der Waals surface area (Å²) in [6.07, 6.45) is 3.48. The van der Waals surface area contributed by atoms with Crippen molar-refractivity contribution < 1.29 is 14.3 Å². The molecule has 0 radical (unpaired) electrons. The fraction of sp³-hybridized carbons (Fsp3) is 0.158. The van der Waals surface area contributed by atoms with Gasteiger partial charge in [-0.1, -0.05) is 24.3 Å². The number of imidazole rings is 1. The predicted molar refractivity (Wildman–Crippen MR) is 92.6 cm³/mol. The SMILES string of the molecule is C[C@@H](NC(=O)c1ccccc1-c1nccn1C)c1ccc(O)c(F)c1. The van der Waals surface area contributed by atoms with Gasteiger partial charge in [-0.25, -0.2) is 9.37 Å². The zero-order valence-corrected chi connectivity index (χ0v) is 13.9. The third-order valence-electron chi connectivity index (χ3n) is 4.05. The minimum Gasteiger partial charge on any atom is -0.505 e. The van der Waals surface area contributed by atoms with E-state index in [9.17, 15) is 14.3 Å². The number of benzene rings is 2. The molecule has 3 rings (SSSR count). The topological polar surface area (TPSA) is 67.2 Å². The van der Waals surface area contributed by atoms with Crippen molar-refractivity contribution in [2.45, 2.75) is 13.0 Å². The van der Waals surface area contributed by atoms with E-state index in [4.69, 9.17) is 0 Å². The lowest BCUT2D eigenvalue weighted by Gasteiger charge is -2.16. The van der Waals surface area contributed by atoms with Crippen molar-refractivity contribution in [2.24, 2.45) is 7.05 Å². The van der Waals surface area contributed by atoms with E-state index in [0.29, 0.717) is 17.0 Å². The maximum absolute atomic E-state index is 13.5. The summed E-state index contributed by atoms with van der Waals surface area (Å²) >= 11 is 0. The zero-order valence-electron chi connectivity index (χ0n) is 13.9. The average molecular weight is 339 g/mol. The Hall–Kier alpha value is -3.15. The van der Waals surface area contributed by atoms with Gasteiger partial charge in [0.25, 0.3) is 5.91 Å². The first-order chi connectivity index (χ1) is 12.0. The molecule has 0 aliphatic heterocycles. The number of amides is 1. The van der Waals surface area contributed by atoms with E-state index >= 15 is 0 Å². The van der Waals surface area contributed by atoms with Crippen molar-refractivity contribution >= 4 is 5.91 Å². The van der Waals surface area contributed by atoms with Crippen LogP contribution in [-0.2, 0) is 7.05 Å². The van der Waals surface area contributed by atoms with Crippen molar-refractivity contribution in [1.29, 1.82) is 0 Å². The monoisotopic (exact) mass is 339 g/mol. The molecule has 0 saturated carbocycles. The van der Waals surface area contributed by atoms with E-state index in [0.717, 1.165) is 5.56 Å². The summed E-state index contributed by atoms with van der Waals surface area (Å²) < 4.78 is 15.4. The zero-order chi connectivity index (χ0) is 18.0. The third kappa shape index (κ3) is 3.38. The molecule has 1 amide bonds. The second-order valence-corrected chi connectivity index (χ2v) is 5.81. The second kappa shape index (κ2) is 6.76. The number of phenolic OH excluding ortho intramolecular Hbond substituents is 1. The van der Waals surface area contributed by atoms with Crippen LogP contribution in [0.5, 0.6) is 5.75 Å². The van der Waals surface area contributed by atoms with Crippen LogP contribution in [0.2, 0.25) is 0 Å². The van der Waals surface area contributed by atoms with Crippen molar-refractivity contribution in [3.05, 3.63) is 71.8 Å². The van der Waals surface area contributed by atoms with Crippen molar-refractivity contribution in [3.63, 3.8) is 0 Å². The molecule has 6 heteroatoms. The average Bonchev–Trinajstić information content (AvgIpc) is 3.03. The number of nitrogens with zero attached hydrogens (tertiary/aromatic N) is 2. The number of hydrogen-bond donors (Lipinski definition) is 2. The van der Waals surface area contributed by atoms with Crippen LogP contribution in [0.25, 0.3) is 11.4 Å². The summed E-state index contributed by atoms with van der Waals surface area (Å²) in [5.41, 5.74) is 1.78. The van der Waals surface area contributed by atoms with Gasteiger partial charge in [0.2, 0.25) is 0 Å². The number of aromatic nitrogens is 2. The molecule has 0 aliphatic rings. The van der Waals surface area contributed by atoms with Crippen LogP contribution in [0.3, 0.4) is 0 Å². The van der Waals surface area contributed by atoms with E-state index in [-0.39, 0.29) is 5.91 Å². The molecule has 25 heavy (non-hydrogen) atoms. The number of rotatable bonds is 4. The summed E-state index contributed by atoms with van der Waals surface area (Å²) in [6.45, 7) is 1.76. The van der Waals surface area contributed by atoms with Crippen LogP contribution >= 0.6 is 0 Å². The molecule has 128 valence electrons. The second-order valence-electron chi connectivity index (χ2n) is 5.81. The summed E-state index contributed by atoms with van der Waals surface area (Å²) in [6, 6.07) is 10.8. The smallest absolute Gasteiger partial charge is 0.252 e. The van der Waals surface area contributed by atoms with Crippen LogP contribution in [0, 0.1) is 5.82 Å². The van der Waals surface area contributed by atoms with Gasteiger partial charge in [-0.2, -0.15) is 0 Å². The van der Waals surface area contributed by atoms with Crippen LogP contribution < -0.4 is 5.32 Å². The van der Waals surface area contributed by atoms with E-state index in [1.807, 2.05) is 29.9 Å². The van der Waals surface area contributed by atoms with Gasteiger partial charge in [0.1, 0.15) is 5.82 Å². The Morgan fingerprint density at radius 3 is 2.72 bits per heavy atom. The number of carbonyl (C=O) groups is 1. The molecule has 2 N–H and O–H groups in total. The van der Waals surface area contributed by atoms with E-state index in [2.05, 4.69) is 10.3 Å². The standard InChI is InChI=1S/C19H18FN3O2/c1-12(13-7-8-17(24)16(20)11-13)22-19(25)15-6-4-3-5-14(15)18-21-9-10-23(18)2/h3-12,24H,1-2H3,(H,22,25)/t12-/m1/s1. The molecular weight excluding hydrogens is 321 g/mol. The lowest BCUT2D eigenvalue weighted by molar-refractivity contribution is 0.0940. The normalized spacial score (nSPS) is 12.0. The number of halogens is 1. The van der Waals surface area contributed by atoms with Gasteiger partial charge < -0.3 is 15.0 Å². The molecule has 2 aromatic carbocycles. The molecule has 0 fully saturated rings. The highest BCUT2D eigenvalue weighted by Gasteiger charge is 2.18. The Bertz CT molecular complexity index is 921. The number of phenols is 1. The highest BCUT2D eigenvalue weighted by Crippen LogP contribution is 2.24. The summed E-state index contributed by atoms with van der Waals surface area (Å²) in [4.78, 5) is 17.0. The molecule has 3 aromatic rings. The highest BCUT2D eigenvalue weighted by atomic mass is 19.1. The number of aryl methyl sites for hydroxylation is 1. The van der Waals surface area contributed by atoms with Gasteiger partial charge >= 0.3 is 0 Å². The largest absolute Gasteiger partial charge is 0.505 e. The fourth-order valence-corrected chi connectivity index (χ4v) is 2.65. The molecule has 0 unspecified atom stereocenters. The Kier molecular flexibility index (Phi) is 4.52. The van der Waals surface area contributed by atoms with Crippen LogP contribution in [0.4, 0.5) is 4.39 Å². The Morgan fingerprint density at radius 1 is 1.28 bits per heavy atom. The quantitative estimate of drug-likeness (QED) is 0.765.